The highest BCUT2D eigenvalue weighted by molar-refractivity contribution is 9.10. The third kappa shape index (κ3) is 4.43. The molecule has 1 aliphatic heterocycles. The Kier molecular flexibility index (Phi) is 5.65. The minimum Gasteiger partial charge on any atom is -0.454 e. The van der Waals surface area contributed by atoms with Gasteiger partial charge in [0.15, 0.2) is 11.5 Å². The third-order valence-electron chi connectivity index (χ3n) is 3.07. The Morgan fingerprint density at radius 1 is 1.29 bits per heavy atom. The zero-order valence-corrected chi connectivity index (χ0v) is 15.5. The molecule has 5 nitrogen and oxygen atoms in total. The number of nitrogens with zero attached hydrogens (tertiary/aromatic N) is 1. The maximum absolute atomic E-state index is 11.8. The van der Waals surface area contributed by atoms with E-state index in [1.54, 1.807) is 24.4 Å². The van der Waals surface area contributed by atoms with Crippen LogP contribution < -0.4 is 14.9 Å². The summed E-state index contributed by atoms with van der Waals surface area (Å²) in [4.78, 5) is 12.8. The molecule has 2 aromatic rings. The maximum atomic E-state index is 11.8. The number of amides is 1. The van der Waals surface area contributed by atoms with E-state index in [1.807, 2.05) is 18.2 Å². The number of halogens is 2. The summed E-state index contributed by atoms with van der Waals surface area (Å²) in [6.07, 6.45) is 1.55. The summed E-state index contributed by atoms with van der Waals surface area (Å²) in [5.74, 6) is 1.41. The fourth-order valence-corrected chi connectivity index (χ4v) is 3.16. The van der Waals surface area contributed by atoms with Crippen molar-refractivity contribution in [3.8, 4) is 11.5 Å². The molecule has 3 rings (SSSR count). The molecule has 0 saturated heterocycles. The first kappa shape index (κ1) is 17.1. The Hall–Kier alpha value is -1.70. The van der Waals surface area contributed by atoms with Crippen LogP contribution in [0.25, 0.3) is 0 Å². The molecule has 1 heterocycles. The molecule has 1 aliphatic rings. The van der Waals surface area contributed by atoms with Gasteiger partial charge in [-0.15, -0.1) is 11.8 Å². The molecule has 0 atom stereocenters. The molecule has 0 saturated carbocycles. The summed E-state index contributed by atoms with van der Waals surface area (Å²) in [5.41, 5.74) is 3.28. The van der Waals surface area contributed by atoms with E-state index in [0.717, 1.165) is 14.9 Å². The van der Waals surface area contributed by atoms with E-state index < -0.39 is 0 Å². The molecule has 0 spiro atoms. The van der Waals surface area contributed by atoms with Crippen molar-refractivity contribution in [1.82, 2.24) is 5.43 Å². The lowest BCUT2D eigenvalue weighted by molar-refractivity contribution is -0.118. The summed E-state index contributed by atoms with van der Waals surface area (Å²) in [6.45, 7) is 0.209. The summed E-state index contributed by atoms with van der Waals surface area (Å²) in [6, 6.07) is 10.9. The molecule has 0 fully saturated rings. The molecule has 0 aliphatic carbocycles. The summed E-state index contributed by atoms with van der Waals surface area (Å²) in [7, 11) is 0. The van der Waals surface area contributed by atoms with Gasteiger partial charge in [0.05, 0.1) is 12.0 Å². The molecule has 0 aromatic heterocycles. The summed E-state index contributed by atoms with van der Waals surface area (Å²) < 4.78 is 11.4. The maximum Gasteiger partial charge on any atom is 0.250 e. The van der Waals surface area contributed by atoms with Gasteiger partial charge in [0.25, 0.3) is 0 Å². The molecule has 1 amide bonds. The van der Waals surface area contributed by atoms with Gasteiger partial charge in [-0.25, -0.2) is 5.43 Å². The highest BCUT2D eigenvalue weighted by atomic mass is 79.9. The number of hydrazone groups is 1. The quantitative estimate of drug-likeness (QED) is 0.444. The molecule has 0 unspecified atom stereocenters. The van der Waals surface area contributed by atoms with Gasteiger partial charge in [-0.1, -0.05) is 11.6 Å². The predicted octanol–water partition coefficient (Wildman–Crippen LogP) is 4.07. The van der Waals surface area contributed by atoms with Crippen LogP contribution >= 0.6 is 39.3 Å². The van der Waals surface area contributed by atoms with Crippen molar-refractivity contribution in [2.45, 2.75) is 4.90 Å². The zero-order valence-electron chi connectivity index (χ0n) is 12.3. The number of carbonyl (C=O) groups is 1. The smallest absolute Gasteiger partial charge is 0.250 e. The van der Waals surface area contributed by atoms with Crippen molar-refractivity contribution in [2.75, 3.05) is 12.5 Å². The molecule has 0 radical (unpaired) electrons. The average molecular weight is 428 g/mol. The van der Waals surface area contributed by atoms with Crippen LogP contribution in [0.15, 0.2) is 50.9 Å². The SMILES string of the molecule is O=C(CSc1ccc(Cl)cc1)N/N=C\c1cc2c(cc1Br)OCO2. The zero-order chi connectivity index (χ0) is 16.9. The monoisotopic (exact) mass is 426 g/mol. The van der Waals surface area contributed by atoms with Gasteiger partial charge in [-0.05, 0) is 52.3 Å². The number of benzene rings is 2. The Morgan fingerprint density at radius 3 is 2.75 bits per heavy atom. The molecule has 124 valence electrons. The fourth-order valence-electron chi connectivity index (χ4n) is 1.92. The van der Waals surface area contributed by atoms with E-state index in [4.69, 9.17) is 21.1 Å². The van der Waals surface area contributed by atoms with Crippen LogP contribution in [-0.4, -0.2) is 24.7 Å². The van der Waals surface area contributed by atoms with E-state index in [2.05, 4.69) is 26.5 Å². The number of hydrogen-bond donors (Lipinski definition) is 1. The molecule has 24 heavy (non-hydrogen) atoms. The van der Waals surface area contributed by atoms with Crippen LogP contribution in [0.3, 0.4) is 0 Å². The molecule has 0 bridgehead atoms. The van der Waals surface area contributed by atoms with Crippen LogP contribution in [0.5, 0.6) is 11.5 Å². The van der Waals surface area contributed by atoms with E-state index >= 15 is 0 Å². The highest BCUT2D eigenvalue weighted by Gasteiger charge is 2.15. The highest BCUT2D eigenvalue weighted by Crippen LogP contribution is 2.36. The van der Waals surface area contributed by atoms with Crippen molar-refractivity contribution in [3.05, 3.63) is 51.5 Å². The van der Waals surface area contributed by atoms with Crippen LogP contribution in [0.1, 0.15) is 5.56 Å². The van der Waals surface area contributed by atoms with Crippen LogP contribution in [0.2, 0.25) is 5.02 Å². The van der Waals surface area contributed by atoms with E-state index in [-0.39, 0.29) is 18.5 Å². The second-order valence-electron chi connectivity index (χ2n) is 4.76. The number of carbonyl (C=O) groups excluding carboxylic acids is 1. The van der Waals surface area contributed by atoms with Gasteiger partial charge < -0.3 is 9.47 Å². The third-order valence-corrected chi connectivity index (χ3v) is 5.02. The number of hydrogen-bond acceptors (Lipinski definition) is 5. The topological polar surface area (TPSA) is 59.9 Å². The lowest BCUT2D eigenvalue weighted by Crippen LogP contribution is -2.19. The number of thioether (sulfide) groups is 1. The first-order valence-corrected chi connectivity index (χ1v) is 9.07. The Balaban J connectivity index is 1.52. The van der Waals surface area contributed by atoms with Crippen LogP contribution in [-0.2, 0) is 4.79 Å². The van der Waals surface area contributed by atoms with Gasteiger partial charge in [0.2, 0.25) is 12.7 Å². The van der Waals surface area contributed by atoms with Gasteiger partial charge in [-0.3, -0.25) is 4.79 Å². The summed E-state index contributed by atoms with van der Waals surface area (Å²) >= 11 is 10.7. The van der Waals surface area contributed by atoms with Gasteiger partial charge >= 0.3 is 0 Å². The molecular formula is C16H12BrClN2O3S. The van der Waals surface area contributed by atoms with Crippen molar-refractivity contribution < 1.29 is 14.3 Å². The van der Waals surface area contributed by atoms with E-state index in [9.17, 15) is 4.79 Å². The van der Waals surface area contributed by atoms with Gasteiger partial charge in [-0.2, -0.15) is 5.10 Å². The van der Waals surface area contributed by atoms with Crippen molar-refractivity contribution in [2.24, 2.45) is 5.10 Å². The van der Waals surface area contributed by atoms with E-state index in [0.29, 0.717) is 16.5 Å². The van der Waals surface area contributed by atoms with Crippen LogP contribution in [0.4, 0.5) is 0 Å². The second kappa shape index (κ2) is 7.92. The van der Waals surface area contributed by atoms with Crippen molar-refractivity contribution in [3.63, 3.8) is 0 Å². The van der Waals surface area contributed by atoms with Crippen molar-refractivity contribution in [1.29, 1.82) is 0 Å². The number of ether oxygens (including phenoxy) is 2. The predicted molar refractivity (Wildman–Crippen MR) is 98.2 cm³/mol. The standard InChI is InChI=1S/C16H12BrClN2O3S/c17-13-6-15-14(22-9-23-15)5-10(13)7-19-20-16(21)8-24-12-3-1-11(18)2-4-12/h1-7H,8-9H2,(H,20,21)/b19-7-. The van der Waals surface area contributed by atoms with Gasteiger partial charge in [0.1, 0.15) is 0 Å². The fraction of sp³-hybridized carbons (Fsp3) is 0.125. The Bertz CT molecular complexity index is 784. The molecule has 2 aromatic carbocycles. The molecular weight excluding hydrogens is 416 g/mol. The number of rotatable bonds is 5. The number of fused-ring (bicyclic) bond motifs is 1. The van der Waals surface area contributed by atoms with E-state index in [1.165, 1.54) is 11.8 Å². The minimum absolute atomic E-state index is 0.192. The Labute approximate surface area is 156 Å². The lowest BCUT2D eigenvalue weighted by Gasteiger charge is -2.03. The second-order valence-corrected chi connectivity index (χ2v) is 7.10. The normalized spacial score (nSPS) is 12.6. The van der Waals surface area contributed by atoms with Crippen molar-refractivity contribution >= 4 is 51.4 Å². The lowest BCUT2D eigenvalue weighted by atomic mass is 10.2. The first-order valence-electron chi connectivity index (χ1n) is 6.91. The first-order chi connectivity index (χ1) is 11.6. The number of nitrogens with one attached hydrogen (secondary N) is 1. The summed E-state index contributed by atoms with van der Waals surface area (Å²) in [5, 5.41) is 4.64. The molecule has 1 N–H and O–H groups in total. The van der Waals surface area contributed by atoms with Gasteiger partial charge in [0, 0.05) is 20.0 Å². The molecule has 8 heteroatoms. The Morgan fingerprint density at radius 2 is 2.00 bits per heavy atom. The van der Waals surface area contributed by atoms with Crippen LogP contribution in [0, 0.1) is 0 Å². The minimum atomic E-state index is -0.192. The largest absolute Gasteiger partial charge is 0.454 e. The average Bonchev–Trinajstić information content (AvgIpc) is 3.01.